The van der Waals surface area contributed by atoms with Gasteiger partial charge in [-0.25, -0.2) is 13.8 Å². The Labute approximate surface area is 224 Å². The molecular weight excluding hydrogens is 496 g/mol. The maximum atomic E-state index is 13.7. The van der Waals surface area contributed by atoms with Crippen molar-refractivity contribution in [1.82, 2.24) is 35.0 Å². The summed E-state index contributed by atoms with van der Waals surface area (Å²) in [5.74, 6) is -2.63. The van der Waals surface area contributed by atoms with Gasteiger partial charge >= 0.3 is 0 Å². The lowest BCUT2D eigenvalue weighted by Gasteiger charge is -2.16. The minimum Gasteiger partial charge on any atom is -0.352 e. The van der Waals surface area contributed by atoms with Crippen LogP contribution in [-0.2, 0) is 0 Å². The van der Waals surface area contributed by atoms with Crippen LogP contribution >= 0.6 is 0 Å². The molecule has 0 unspecified atom stereocenters. The summed E-state index contributed by atoms with van der Waals surface area (Å²) in [6.45, 7) is 6.40. The van der Waals surface area contributed by atoms with Crippen molar-refractivity contribution in [2.45, 2.75) is 19.3 Å². The second-order valence-electron chi connectivity index (χ2n) is 9.72. The fourth-order valence-electron chi connectivity index (χ4n) is 5.05. The first-order chi connectivity index (χ1) is 18.9. The maximum absolute atomic E-state index is 13.7. The Bertz CT molecular complexity index is 1730. The summed E-state index contributed by atoms with van der Waals surface area (Å²) < 4.78 is 27.4. The molecule has 5 aromatic rings. The molecule has 0 atom stereocenters. The van der Waals surface area contributed by atoms with Crippen LogP contribution in [0, 0.1) is 0 Å². The highest BCUT2D eigenvalue weighted by atomic mass is 19.3. The first kappa shape index (κ1) is 24.8. The Morgan fingerprint density at radius 2 is 2.05 bits per heavy atom. The van der Waals surface area contributed by atoms with E-state index in [2.05, 4.69) is 37.8 Å². The van der Waals surface area contributed by atoms with Crippen molar-refractivity contribution in [2.75, 3.05) is 19.6 Å². The van der Waals surface area contributed by atoms with Crippen molar-refractivity contribution >= 4 is 27.5 Å². The quantitative estimate of drug-likeness (QED) is 0.241. The maximum Gasteiger partial charge on any atom is 0.261 e. The van der Waals surface area contributed by atoms with Gasteiger partial charge in [0.05, 0.1) is 35.2 Å². The van der Waals surface area contributed by atoms with Gasteiger partial charge in [-0.15, -0.1) is 0 Å². The van der Waals surface area contributed by atoms with E-state index in [4.69, 9.17) is 4.98 Å². The highest BCUT2D eigenvalue weighted by Crippen LogP contribution is 2.33. The number of allylic oxidation sites excluding steroid dienone is 3. The molecule has 0 saturated carbocycles. The van der Waals surface area contributed by atoms with E-state index < -0.39 is 5.92 Å². The van der Waals surface area contributed by atoms with Crippen LogP contribution in [-0.4, -0.2) is 60.6 Å². The summed E-state index contributed by atoms with van der Waals surface area (Å²) in [5.41, 5.74) is 8.39. The molecule has 2 N–H and O–H groups in total. The van der Waals surface area contributed by atoms with Gasteiger partial charge in [0.15, 0.2) is 0 Å². The lowest BCUT2D eigenvalue weighted by molar-refractivity contribution is 0.0131. The Morgan fingerprint density at radius 1 is 1.15 bits per heavy atom. The van der Waals surface area contributed by atoms with Gasteiger partial charge in [0.1, 0.15) is 11.2 Å². The van der Waals surface area contributed by atoms with Crippen molar-refractivity contribution in [3.63, 3.8) is 0 Å². The molecule has 1 aliphatic rings. The molecule has 0 spiro atoms. The van der Waals surface area contributed by atoms with E-state index in [-0.39, 0.29) is 13.0 Å². The van der Waals surface area contributed by atoms with Crippen LogP contribution in [0.4, 0.5) is 8.78 Å². The number of fused-ring (bicyclic) bond motifs is 2. The van der Waals surface area contributed by atoms with Crippen LogP contribution in [0.5, 0.6) is 0 Å². The van der Waals surface area contributed by atoms with E-state index in [1.165, 1.54) is 0 Å². The van der Waals surface area contributed by atoms with Crippen LogP contribution < -0.4 is 0 Å². The van der Waals surface area contributed by atoms with Crippen LogP contribution in [0.2, 0.25) is 0 Å². The Hall–Kier alpha value is -4.50. The predicted octanol–water partition coefficient (Wildman–Crippen LogP) is 6.42. The van der Waals surface area contributed by atoms with E-state index >= 15 is 0 Å². The van der Waals surface area contributed by atoms with Crippen molar-refractivity contribution in [3.8, 4) is 22.5 Å². The standard InChI is InChI=1S/C30H27F2N7/c1-3-19(17-39-11-9-30(31,32)18-39)12-20(4-2)24-7-8-25-28(36-24)29(38-37-25)26-13-22-23(15-34-16-27(22)35-26)21-6-5-10-33-14-21/h3-8,10,12-16,35H,1,9,11,17-18H2,2H3,(H,37,38)/b19-12+,20-4+. The summed E-state index contributed by atoms with van der Waals surface area (Å²) in [6.07, 6.45) is 12.7. The van der Waals surface area contributed by atoms with Crippen molar-refractivity contribution in [2.24, 2.45) is 0 Å². The third kappa shape index (κ3) is 4.88. The number of likely N-dealkylation sites (tertiary alicyclic amines) is 1. The highest BCUT2D eigenvalue weighted by Gasteiger charge is 2.37. The van der Waals surface area contributed by atoms with Gasteiger partial charge in [-0.1, -0.05) is 24.8 Å². The average Bonchev–Trinajstić information content (AvgIpc) is 3.66. The minimum atomic E-state index is -2.63. The molecule has 196 valence electrons. The largest absolute Gasteiger partial charge is 0.352 e. The molecule has 6 rings (SSSR count). The molecule has 0 amide bonds. The Morgan fingerprint density at radius 3 is 2.79 bits per heavy atom. The highest BCUT2D eigenvalue weighted by molar-refractivity contribution is 5.99. The molecule has 1 fully saturated rings. The number of hydrogen-bond donors (Lipinski definition) is 2. The molecule has 9 heteroatoms. The summed E-state index contributed by atoms with van der Waals surface area (Å²) >= 11 is 0. The zero-order valence-corrected chi connectivity index (χ0v) is 21.5. The molecule has 1 aliphatic heterocycles. The van der Waals surface area contributed by atoms with Gasteiger partial charge in [-0.05, 0) is 48.4 Å². The molecule has 0 aromatic carbocycles. The molecule has 5 aromatic heterocycles. The molecule has 0 aliphatic carbocycles. The zero-order chi connectivity index (χ0) is 27.0. The number of pyridine rings is 3. The van der Waals surface area contributed by atoms with Gasteiger partial charge in [0.2, 0.25) is 0 Å². The first-order valence-corrected chi connectivity index (χ1v) is 12.8. The molecular formula is C30H27F2N7. The van der Waals surface area contributed by atoms with E-state index in [0.717, 1.165) is 55.6 Å². The second-order valence-corrected chi connectivity index (χ2v) is 9.72. The van der Waals surface area contributed by atoms with Gasteiger partial charge in [-0.2, -0.15) is 5.10 Å². The Kier molecular flexibility index (Phi) is 6.36. The summed E-state index contributed by atoms with van der Waals surface area (Å²) in [4.78, 5) is 18.8. The van der Waals surface area contributed by atoms with Crippen molar-refractivity contribution in [3.05, 3.63) is 91.2 Å². The molecule has 6 heterocycles. The van der Waals surface area contributed by atoms with Crippen molar-refractivity contribution < 1.29 is 8.78 Å². The number of nitrogens with one attached hydrogen (secondary N) is 2. The lowest BCUT2D eigenvalue weighted by atomic mass is 10.1. The number of H-pyrrole nitrogens is 2. The average molecular weight is 524 g/mol. The first-order valence-electron chi connectivity index (χ1n) is 12.8. The number of rotatable bonds is 7. The number of halogens is 2. The van der Waals surface area contributed by atoms with E-state index in [9.17, 15) is 8.78 Å². The van der Waals surface area contributed by atoms with Crippen LogP contribution in [0.1, 0.15) is 19.0 Å². The number of aromatic nitrogens is 6. The predicted molar refractivity (Wildman–Crippen MR) is 150 cm³/mol. The van der Waals surface area contributed by atoms with E-state index in [1.54, 1.807) is 23.4 Å². The summed E-state index contributed by atoms with van der Waals surface area (Å²) in [5, 5.41) is 8.67. The number of aromatic amines is 2. The monoisotopic (exact) mass is 523 g/mol. The van der Waals surface area contributed by atoms with E-state index in [0.29, 0.717) is 18.8 Å². The zero-order valence-electron chi connectivity index (χ0n) is 21.5. The number of hydrogen-bond acceptors (Lipinski definition) is 5. The van der Waals surface area contributed by atoms with Crippen LogP contribution in [0.15, 0.2) is 85.5 Å². The van der Waals surface area contributed by atoms with Gasteiger partial charge in [-0.3, -0.25) is 20.0 Å². The van der Waals surface area contributed by atoms with Crippen LogP contribution in [0.25, 0.3) is 50.0 Å². The fourth-order valence-corrected chi connectivity index (χ4v) is 5.05. The van der Waals surface area contributed by atoms with E-state index in [1.807, 2.05) is 55.7 Å². The van der Waals surface area contributed by atoms with Crippen LogP contribution in [0.3, 0.4) is 0 Å². The normalized spacial score (nSPS) is 16.4. The third-order valence-corrected chi connectivity index (χ3v) is 7.05. The molecule has 0 radical (unpaired) electrons. The number of nitrogens with zero attached hydrogens (tertiary/aromatic N) is 5. The van der Waals surface area contributed by atoms with Gasteiger partial charge in [0, 0.05) is 54.6 Å². The smallest absolute Gasteiger partial charge is 0.261 e. The van der Waals surface area contributed by atoms with Gasteiger partial charge < -0.3 is 4.98 Å². The number of alkyl halides is 2. The molecule has 7 nitrogen and oxygen atoms in total. The summed E-state index contributed by atoms with van der Waals surface area (Å²) in [7, 11) is 0. The Balaban J connectivity index is 1.35. The molecule has 1 saturated heterocycles. The minimum absolute atomic E-state index is 0.108. The summed E-state index contributed by atoms with van der Waals surface area (Å²) in [6, 6.07) is 9.84. The topological polar surface area (TPSA) is 86.4 Å². The third-order valence-electron chi connectivity index (χ3n) is 7.05. The second kappa shape index (κ2) is 9.99. The molecule has 39 heavy (non-hydrogen) atoms. The SMILES string of the molecule is C=C/C(=C\C(=C/C)c1ccc2[nH]nc(-c3cc4c(-c5cccnc5)cncc4[nH]3)c2n1)CN1CCC(F)(F)C1. The van der Waals surface area contributed by atoms with Crippen molar-refractivity contribution in [1.29, 1.82) is 0 Å². The fraction of sp³-hybridized carbons (Fsp3) is 0.200. The lowest BCUT2D eigenvalue weighted by Crippen LogP contribution is -2.26. The molecule has 0 bridgehead atoms. The van der Waals surface area contributed by atoms with Gasteiger partial charge in [0.25, 0.3) is 5.92 Å².